The molecule has 28 heavy (non-hydrogen) atoms. The van der Waals surface area contributed by atoms with E-state index in [0.29, 0.717) is 6.42 Å². The van der Waals surface area contributed by atoms with Crippen LogP contribution in [0.3, 0.4) is 0 Å². The van der Waals surface area contributed by atoms with Crippen LogP contribution in [0.15, 0.2) is 64.4 Å². The summed E-state index contributed by atoms with van der Waals surface area (Å²) in [4.78, 5) is 13.9. The van der Waals surface area contributed by atoms with Crippen LogP contribution in [-0.2, 0) is 22.7 Å². The van der Waals surface area contributed by atoms with Crippen LogP contribution in [0.25, 0.3) is 0 Å². The molecule has 0 radical (unpaired) electrons. The molecule has 1 aromatic heterocycles. The largest absolute Gasteiger partial charge is 0.312 e. The van der Waals surface area contributed by atoms with Crippen LogP contribution in [0.4, 0.5) is 9.39 Å². The van der Waals surface area contributed by atoms with Crippen molar-refractivity contribution < 1.29 is 17.6 Å². The molecule has 2 aromatic carbocycles. The third-order valence-electron chi connectivity index (χ3n) is 4.79. The van der Waals surface area contributed by atoms with Crippen LogP contribution in [0.2, 0.25) is 0 Å². The first-order valence-electron chi connectivity index (χ1n) is 8.99. The molecule has 1 aliphatic rings. The van der Waals surface area contributed by atoms with Crippen molar-refractivity contribution >= 4 is 32.1 Å². The second-order valence-electron chi connectivity index (χ2n) is 6.62. The van der Waals surface area contributed by atoms with Crippen LogP contribution in [-0.4, -0.2) is 14.3 Å². The predicted octanol–water partition coefficient (Wildman–Crippen LogP) is 4.85. The molecule has 0 aliphatic heterocycles. The molecular formula is C21H18FNO3S2. The summed E-state index contributed by atoms with van der Waals surface area (Å²) in [5, 5.41) is 2.93. The van der Waals surface area contributed by atoms with E-state index in [2.05, 4.69) is 5.32 Å². The Bertz CT molecular complexity index is 1140. The number of anilines is 1. The van der Waals surface area contributed by atoms with Crippen LogP contribution in [0, 0.1) is 5.82 Å². The van der Waals surface area contributed by atoms with Crippen molar-refractivity contribution in [1.29, 1.82) is 0 Å². The number of benzene rings is 2. The summed E-state index contributed by atoms with van der Waals surface area (Å²) in [6.07, 6.45) is 3.33. The Balaban J connectivity index is 1.81. The van der Waals surface area contributed by atoms with Gasteiger partial charge >= 0.3 is 0 Å². The first kappa shape index (κ1) is 18.8. The third-order valence-corrected chi connectivity index (χ3v) is 8.01. The Morgan fingerprint density at radius 3 is 2.39 bits per heavy atom. The molecule has 1 heterocycles. The van der Waals surface area contributed by atoms with Gasteiger partial charge in [0.25, 0.3) is 5.91 Å². The van der Waals surface area contributed by atoms with Gasteiger partial charge in [0, 0.05) is 4.88 Å². The maximum Gasteiger partial charge on any atom is 0.259 e. The quantitative estimate of drug-likeness (QED) is 0.662. The Morgan fingerprint density at radius 1 is 0.964 bits per heavy atom. The van der Waals surface area contributed by atoms with Crippen molar-refractivity contribution in [2.24, 2.45) is 0 Å². The lowest BCUT2D eigenvalue weighted by molar-refractivity contribution is 0.102. The molecule has 3 aromatic rings. The zero-order valence-corrected chi connectivity index (χ0v) is 16.6. The Morgan fingerprint density at radius 2 is 1.64 bits per heavy atom. The normalized spacial score (nSPS) is 13.8. The van der Waals surface area contributed by atoms with E-state index in [9.17, 15) is 17.6 Å². The SMILES string of the molecule is O=C(Nc1sc2c(c1S(=O)(=O)c1ccccc1)CCCC2)c1ccccc1F. The van der Waals surface area contributed by atoms with Gasteiger partial charge in [-0.3, -0.25) is 4.79 Å². The second-order valence-corrected chi connectivity index (χ2v) is 9.61. The van der Waals surface area contributed by atoms with Gasteiger partial charge in [-0.1, -0.05) is 30.3 Å². The van der Waals surface area contributed by atoms with Crippen LogP contribution >= 0.6 is 11.3 Å². The molecular weight excluding hydrogens is 397 g/mol. The van der Waals surface area contributed by atoms with Crippen molar-refractivity contribution in [3.8, 4) is 0 Å². The van der Waals surface area contributed by atoms with Crippen molar-refractivity contribution in [3.63, 3.8) is 0 Å². The fraction of sp³-hybridized carbons (Fsp3) is 0.190. The summed E-state index contributed by atoms with van der Waals surface area (Å²) in [7, 11) is -3.80. The van der Waals surface area contributed by atoms with Crippen molar-refractivity contribution in [2.45, 2.75) is 35.5 Å². The average Bonchev–Trinajstić information content (AvgIpc) is 3.07. The Labute approximate surface area is 167 Å². The zero-order chi connectivity index (χ0) is 19.7. The molecule has 4 rings (SSSR count). The number of halogens is 1. The van der Waals surface area contributed by atoms with E-state index in [-0.39, 0.29) is 20.4 Å². The molecule has 0 saturated carbocycles. The highest BCUT2D eigenvalue weighted by molar-refractivity contribution is 7.92. The number of fused-ring (bicyclic) bond motifs is 1. The lowest BCUT2D eigenvalue weighted by Crippen LogP contribution is -2.15. The smallest absolute Gasteiger partial charge is 0.259 e. The molecule has 0 saturated heterocycles. The van der Waals surface area contributed by atoms with E-state index >= 15 is 0 Å². The summed E-state index contributed by atoms with van der Waals surface area (Å²) < 4.78 is 40.7. The number of hydrogen-bond donors (Lipinski definition) is 1. The molecule has 0 atom stereocenters. The molecule has 1 aliphatic carbocycles. The standard InChI is InChI=1S/C21H18FNO3S2/c22-17-12-6-4-10-15(17)20(24)23-21-19(16-11-5-7-13-18(16)27-21)28(25,26)14-8-2-1-3-9-14/h1-4,6,8-10,12H,5,7,11,13H2,(H,23,24). The maximum absolute atomic E-state index is 14.0. The number of aryl methyl sites for hydroxylation is 1. The van der Waals surface area contributed by atoms with Gasteiger partial charge in [0.05, 0.1) is 10.5 Å². The minimum atomic E-state index is -3.80. The molecule has 4 nitrogen and oxygen atoms in total. The molecule has 1 N–H and O–H groups in total. The molecule has 0 unspecified atom stereocenters. The maximum atomic E-state index is 14.0. The van der Waals surface area contributed by atoms with Gasteiger partial charge in [-0.25, -0.2) is 12.8 Å². The van der Waals surface area contributed by atoms with Gasteiger partial charge in [-0.05, 0) is 55.5 Å². The molecule has 0 spiro atoms. The average molecular weight is 416 g/mol. The number of thiophene rings is 1. The van der Waals surface area contributed by atoms with Crippen molar-refractivity contribution in [1.82, 2.24) is 0 Å². The lowest BCUT2D eigenvalue weighted by Gasteiger charge is -2.14. The summed E-state index contributed by atoms with van der Waals surface area (Å²) in [6.45, 7) is 0. The van der Waals surface area contributed by atoms with E-state index in [1.165, 1.54) is 29.5 Å². The highest BCUT2D eigenvalue weighted by Gasteiger charge is 2.31. The molecule has 144 valence electrons. The Hall–Kier alpha value is -2.51. The summed E-state index contributed by atoms with van der Waals surface area (Å²) in [5.41, 5.74) is 0.667. The van der Waals surface area contributed by atoms with Crippen LogP contribution in [0.5, 0.6) is 0 Å². The lowest BCUT2D eigenvalue weighted by atomic mass is 9.99. The number of nitrogens with one attached hydrogen (secondary N) is 1. The molecule has 0 fully saturated rings. The van der Waals surface area contributed by atoms with Crippen molar-refractivity contribution in [2.75, 3.05) is 5.32 Å². The highest BCUT2D eigenvalue weighted by atomic mass is 32.2. The fourth-order valence-electron chi connectivity index (χ4n) is 3.44. The topological polar surface area (TPSA) is 63.2 Å². The number of carbonyl (C=O) groups excluding carboxylic acids is 1. The molecule has 0 bridgehead atoms. The Kier molecular flexibility index (Phi) is 5.03. The third kappa shape index (κ3) is 3.36. The number of hydrogen-bond acceptors (Lipinski definition) is 4. The monoisotopic (exact) mass is 415 g/mol. The number of amides is 1. The van der Waals surface area contributed by atoms with E-state index in [0.717, 1.165) is 29.7 Å². The highest BCUT2D eigenvalue weighted by Crippen LogP contribution is 2.43. The number of carbonyl (C=O) groups is 1. The van der Waals surface area contributed by atoms with Gasteiger partial charge < -0.3 is 5.32 Å². The zero-order valence-electron chi connectivity index (χ0n) is 14.9. The fourth-order valence-corrected chi connectivity index (χ4v) is 6.73. The van der Waals surface area contributed by atoms with Gasteiger partial charge in [0.15, 0.2) is 0 Å². The van der Waals surface area contributed by atoms with E-state index in [1.807, 2.05) is 0 Å². The minimum Gasteiger partial charge on any atom is -0.312 e. The first-order chi connectivity index (χ1) is 13.5. The summed E-state index contributed by atoms with van der Waals surface area (Å²) in [5.74, 6) is -1.30. The van der Waals surface area contributed by atoms with Crippen LogP contribution < -0.4 is 5.32 Å². The minimum absolute atomic E-state index is 0.114. The second kappa shape index (κ2) is 7.48. The molecule has 1 amide bonds. The number of sulfone groups is 1. The predicted molar refractivity (Wildman–Crippen MR) is 107 cm³/mol. The van der Waals surface area contributed by atoms with E-state index < -0.39 is 21.6 Å². The van der Waals surface area contributed by atoms with Gasteiger partial charge in [0.2, 0.25) is 9.84 Å². The molecule has 7 heteroatoms. The van der Waals surface area contributed by atoms with Crippen LogP contribution in [0.1, 0.15) is 33.6 Å². The van der Waals surface area contributed by atoms with Gasteiger partial charge in [-0.15, -0.1) is 11.3 Å². The van der Waals surface area contributed by atoms with E-state index in [1.54, 1.807) is 36.4 Å². The first-order valence-corrected chi connectivity index (χ1v) is 11.3. The van der Waals surface area contributed by atoms with Gasteiger partial charge in [-0.2, -0.15) is 0 Å². The van der Waals surface area contributed by atoms with Gasteiger partial charge in [0.1, 0.15) is 15.7 Å². The van der Waals surface area contributed by atoms with E-state index in [4.69, 9.17) is 0 Å². The summed E-state index contributed by atoms with van der Waals surface area (Å²) in [6, 6.07) is 13.8. The summed E-state index contributed by atoms with van der Waals surface area (Å²) >= 11 is 1.28. The van der Waals surface area contributed by atoms with Crippen molar-refractivity contribution in [3.05, 3.63) is 76.4 Å². The number of rotatable bonds is 4.